The molecule has 2 aromatic rings. The normalized spacial score (nSPS) is 10.2. The average molecular weight is 274 g/mol. The average Bonchev–Trinajstić information content (AvgIpc) is 2.20. The van der Waals surface area contributed by atoms with E-state index in [1.165, 1.54) is 0 Å². The zero-order valence-electron chi connectivity index (χ0n) is 8.05. The minimum Gasteiger partial charge on any atom is -0.340 e. The van der Waals surface area contributed by atoms with Gasteiger partial charge in [0.1, 0.15) is 5.82 Å². The molecule has 0 bridgehead atoms. The van der Waals surface area contributed by atoms with Crippen molar-refractivity contribution >= 4 is 46.3 Å². The predicted octanol–water partition coefficient (Wildman–Crippen LogP) is 4.79. The molecule has 0 atom stereocenters. The molecular weight excluding hydrogens is 266 g/mol. The molecule has 82 valence electrons. The summed E-state index contributed by atoms with van der Waals surface area (Å²) in [6.07, 6.45) is 1.57. The second kappa shape index (κ2) is 4.91. The minimum atomic E-state index is 0.573. The van der Waals surface area contributed by atoms with Gasteiger partial charge in [-0.15, -0.1) is 0 Å². The summed E-state index contributed by atoms with van der Waals surface area (Å²) in [4.78, 5) is 4.10. The van der Waals surface area contributed by atoms with Crippen LogP contribution in [0.4, 0.5) is 11.5 Å². The smallest absolute Gasteiger partial charge is 0.130 e. The predicted molar refractivity (Wildman–Crippen MR) is 69.0 cm³/mol. The van der Waals surface area contributed by atoms with E-state index in [9.17, 15) is 0 Å². The number of nitrogens with one attached hydrogen (secondary N) is 1. The fourth-order valence-corrected chi connectivity index (χ4v) is 1.86. The summed E-state index contributed by atoms with van der Waals surface area (Å²) in [7, 11) is 0. The van der Waals surface area contributed by atoms with Crippen LogP contribution >= 0.6 is 34.8 Å². The maximum absolute atomic E-state index is 5.88. The Morgan fingerprint density at radius 2 is 1.56 bits per heavy atom. The first-order valence-corrected chi connectivity index (χ1v) is 5.61. The molecule has 1 aromatic carbocycles. The molecule has 2 nitrogen and oxygen atoms in total. The van der Waals surface area contributed by atoms with Crippen molar-refractivity contribution in [3.05, 3.63) is 51.6 Å². The molecule has 0 spiro atoms. The lowest BCUT2D eigenvalue weighted by Crippen LogP contribution is -1.92. The lowest BCUT2D eigenvalue weighted by atomic mass is 10.3. The molecule has 1 N–H and O–H groups in total. The highest BCUT2D eigenvalue weighted by Crippen LogP contribution is 2.24. The maximum Gasteiger partial charge on any atom is 0.130 e. The number of nitrogens with zero attached hydrogens (tertiary/aromatic N) is 1. The summed E-state index contributed by atoms with van der Waals surface area (Å²) in [6, 6.07) is 8.73. The van der Waals surface area contributed by atoms with Crippen molar-refractivity contribution in [3.63, 3.8) is 0 Å². The number of halogens is 3. The zero-order valence-corrected chi connectivity index (χ0v) is 10.3. The molecule has 1 heterocycles. The van der Waals surface area contributed by atoms with Crippen LogP contribution in [-0.2, 0) is 0 Å². The van der Waals surface area contributed by atoms with Gasteiger partial charge in [0, 0.05) is 21.9 Å². The molecule has 0 aliphatic heterocycles. The highest BCUT2D eigenvalue weighted by molar-refractivity contribution is 6.35. The van der Waals surface area contributed by atoms with Crippen molar-refractivity contribution in [2.24, 2.45) is 0 Å². The van der Waals surface area contributed by atoms with Crippen LogP contribution in [0.2, 0.25) is 15.1 Å². The molecule has 0 radical (unpaired) electrons. The molecule has 16 heavy (non-hydrogen) atoms. The van der Waals surface area contributed by atoms with Crippen molar-refractivity contribution < 1.29 is 0 Å². The summed E-state index contributed by atoms with van der Waals surface area (Å²) in [5, 5.41) is 4.81. The Bertz CT molecular complexity index is 477. The van der Waals surface area contributed by atoms with Gasteiger partial charge in [0.25, 0.3) is 0 Å². The SMILES string of the molecule is Clc1ccc(Nc2cc(Cl)cc(Cl)c2)nc1. The van der Waals surface area contributed by atoms with Crippen molar-refractivity contribution in [3.8, 4) is 0 Å². The van der Waals surface area contributed by atoms with Crippen LogP contribution in [0.5, 0.6) is 0 Å². The summed E-state index contributed by atoms with van der Waals surface area (Å²) >= 11 is 17.5. The van der Waals surface area contributed by atoms with E-state index >= 15 is 0 Å². The highest BCUT2D eigenvalue weighted by atomic mass is 35.5. The molecule has 5 heteroatoms. The highest BCUT2D eigenvalue weighted by Gasteiger charge is 1.99. The van der Waals surface area contributed by atoms with E-state index in [-0.39, 0.29) is 0 Å². The minimum absolute atomic E-state index is 0.573. The lowest BCUT2D eigenvalue weighted by molar-refractivity contribution is 1.31. The summed E-state index contributed by atoms with van der Waals surface area (Å²) < 4.78 is 0. The molecule has 0 aliphatic rings. The standard InChI is InChI=1S/C11H7Cl3N2/c12-7-1-2-11(15-6-7)16-10-4-8(13)3-9(14)5-10/h1-6H,(H,15,16). The van der Waals surface area contributed by atoms with E-state index in [4.69, 9.17) is 34.8 Å². The van der Waals surface area contributed by atoms with E-state index in [1.54, 1.807) is 36.5 Å². The van der Waals surface area contributed by atoms with Crippen LogP contribution in [0, 0.1) is 0 Å². The van der Waals surface area contributed by atoms with Crippen LogP contribution in [0.3, 0.4) is 0 Å². The molecular formula is C11H7Cl3N2. The molecule has 2 rings (SSSR count). The number of hydrogen-bond donors (Lipinski definition) is 1. The van der Waals surface area contributed by atoms with Crippen molar-refractivity contribution in [1.82, 2.24) is 4.98 Å². The fraction of sp³-hybridized carbons (Fsp3) is 0. The van der Waals surface area contributed by atoms with Gasteiger partial charge < -0.3 is 5.32 Å². The summed E-state index contributed by atoms with van der Waals surface area (Å²) in [5.74, 6) is 0.683. The van der Waals surface area contributed by atoms with Gasteiger partial charge >= 0.3 is 0 Å². The van der Waals surface area contributed by atoms with Gasteiger partial charge in [0.2, 0.25) is 0 Å². The van der Waals surface area contributed by atoms with Crippen molar-refractivity contribution in [1.29, 1.82) is 0 Å². The molecule has 0 unspecified atom stereocenters. The third kappa shape index (κ3) is 3.01. The van der Waals surface area contributed by atoms with Gasteiger partial charge in [-0.25, -0.2) is 4.98 Å². The Morgan fingerprint density at radius 1 is 0.875 bits per heavy atom. The monoisotopic (exact) mass is 272 g/mol. The first-order chi connectivity index (χ1) is 7.63. The first kappa shape index (κ1) is 11.5. The van der Waals surface area contributed by atoms with Crippen LogP contribution < -0.4 is 5.32 Å². The number of benzene rings is 1. The summed E-state index contributed by atoms with van der Waals surface area (Å²) in [6.45, 7) is 0. The quantitative estimate of drug-likeness (QED) is 0.851. The second-order valence-electron chi connectivity index (χ2n) is 3.14. The number of aromatic nitrogens is 1. The van der Waals surface area contributed by atoms with E-state index in [0.717, 1.165) is 5.69 Å². The van der Waals surface area contributed by atoms with Gasteiger partial charge in [0.15, 0.2) is 0 Å². The van der Waals surface area contributed by atoms with Crippen molar-refractivity contribution in [2.75, 3.05) is 5.32 Å². The Morgan fingerprint density at radius 3 is 2.12 bits per heavy atom. The van der Waals surface area contributed by atoms with E-state index < -0.39 is 0 Å². The second-order valence-corrected chi connectivity index (χ2v) is 4.45. The van der Waals surface area contributed by atoms with Gasteiger partial charge in [-0.1, -0.05) is 34.8 Å². The largest absolute Gasteiger partial charge is 0.340 e. The maximum atomic E-state index is 5.88. The third-order valence-electron chi connectivity index (χ3n) is 1.86. The van der Waals surface area contributed by atoms with Crippen molar-refractivity contribution in [2.45, 2.75) is 0 Å². The third-order valence-corrected chi connectivity index (χ3v) is 2.52. The van der Waals surface area contributed by atoms with E-state index in [1.807, 2.05) is 0 Å². The van der Waals surface area contributed by atoms with Crippen LogP contribution in [0.1, 0.15) is 0 Å². The van der Waals surface area contributed by atoms with Crippen LogP contribution in [0.25, 0.3) is 0 Å². The number of rotatable bonds is 2. The Labute approximate surface area is 108 Å². The fourth-order valence-electron chi connectivity index (χ4n) is 1.22. The molecule has 0 saturated carbocycles. The van der Waals surface area contributed by atoms with Gasteiger partial charge in [-0.2, -0.15) is 0 Å². The topological polar surface area (TPSA) is 24.9 Å². The molecule has 0 aliphatic carbocycles. The number of pyridine rings is 1. The Hall–Kier alpha value is -0.960. The molecule has 0 fully saturated rings. The van der Waals surface area contributed by atoms with Gasteiger partial charge in [-0.05, 0) is 30.3 Å². The number of anilines is 2. The van der Waals surface area contributed by atoms with E-state index in [2.05, 4.69) is 10.3 Å². The summed E-state index contributed by atoms with van der Waals surface area (Å²) in [5.41, 5.74) is 0.785. The molecule has 0 amide bonds. The van der Waals surface area contributed by atoms with Crippen LogP contribution in [0.15, 0.2) is 36.5 Å². The zero-order chi connectivity index (χ0) is 11.5. The number of hydrogen-bond acceptors (Lipinski definition) is 2. The first-order valence-electron chi connectivity index (χ1n) is 4.48. The van der Waals surface area contributed by atoms with Gasteiger partial charge in [0.05, 0.1) is 5.02 Å². The Kier molecular flexibility index (Phi) is 3.54. The lowest BCUT2D eigenvalue weighted by Gasteiger charge is -2.06. The van der Waals surface area contributed by atoms with E-state index in [0.29, 0.717) is 20.9 Å². The Balaban J connectivity index is 2.23. The van der Waals surface area contributed by atoms with Crippen LogP contribution in [-0.4, -0.2) is 4.98 Å². The van der Waals surface area contributed by atoms with Gasteiger partial charge in [-0.3, -0.25) is 0 Å². The molecule has 1 aromatic heterocycles. The molecule has 0 saturated heterocycles.